The van der Waals surface area contributed by atoms with Gasteiger partial charge in [-0.2, -0.15) is 0 Å². The van der Waals surface area contributed by atoms with E-state index in [9.17, 15) is 19.5 Å². The Bertz CT molecular complexity index is 1170. The average Bonchev–Trinajstić information content (AvgIpc) is 3.46. The van der Waals surface area contributed by atoms with Crippen LogP contribution < -0.4 is 10.6 Å². The molecule has 3 saturated heterocycles. The monoisotopic (exact) mass is 479 g/mol. The van der Waals surface area contributed by atoms with Crippen LogP contribution in [0.3, 0.4) is 0 Å². The van der Waals surface area contributed by atoms with Gasteiger partial charge in [0.25, 0.3) is 0 Å². The lowest BCUT2D eigenvalue weighted by atomic mass is 9.65. The van der Waals surface area contributed by atoms with Crippen molar-refractivity contribution in [3.8, 4) is 0 Å². The largest absolute Gasteiger partial charge is 0.395 e. The van der Waals surface area contributed by atoms with E-state index < -0.39 is 29.1 Å². The number of likely N-dealkylation sites (tertiary alicyclic amines) is 1. The van der Waals surface area contributed by atoms with E-state index in [2.05, 4.69) is 10.6 Å². The zero-order chi connectivity index (χ0) is 24.8. The molecule has 0 aromatic heterocycles. The number of hydrogen-bond donors (Lipinski definition) is 3. The highest BCUT2D eigenvalue weighted by Crippen LogP contribution is 2.64. The zero-order valence-corrected chi connectivity index (χ0v) is 20.3. The molecular formula is C27H33N3O5. The maximum atomic E-state index is 13.8. The molecule has 5 atom stereocenters. The molecule has 1 spiro atoms. The van der Waals surface area contributed by atoms with Crippen molar-refractivity contribution < 1.29 is 24.2 Å². The number of carbonyl (C=O) groups is 3. The van der Waals surface area contributed by atoms with E-state index in [0.29, 0.717) is 31.5 Å². The fraction of sp³-hybridized carbons (Fsp3) is 0.519. The number of aliphatic hydroxyl groups is 1. The second-order valence-electron chi connectivity index (χ2n) is 9.93. The molecule has 2 aromatic rings. The van der Waals surface area contributed by atoms with Gasteiger partial charge in [0, 0.05) is 18.8 Å². The number of anilines is 1. The van der Waals surface area contributed by atoms with E-state index in [0.717, 1.165) is 17.2 Å². The molecule has 3 aliphatic heterocycles. The van der Waals surface area contributed by atoms with Crippen molar-refractivity contribution in [3.05, 3.63) is 42.5 Å². The molecule has 2 bridgehead atoms. The van der Waals surface area contributed by atoms with Crippen molar-refractivity contribution in [2.45, 2.75) is 56.8 Å². The Morgan fingerprint density at radius 1 is 1.11 bits per heavy atom. The number of amides is 3. The summed E-state index contributed by atoms with van der Waals surface area (Å²) in [5.41, 5.74) is -1.22. The number of ether oxygens (including phenoxy) is 1. The summed E-state index contributed by atoms with van der Waals surface area (Å²) in [5.74, 6) is -2.23. The normalized spacial score (nSPS) is 31.1. The smallest absolute Gasteiger partial charge is 0.250 e. The van der Waals surface area contributed by atoms with E-state index in [-0.39, 0.29) is 30.9 Å². The second kappa shape index (κ2) is 8.91. The number of fused-ring (bicyclic) bond motifs is 2. The summed E-state index contributed by atoms with van der Waals surface area (Å²) >= 11 is 0. The van der Waals surface area contributed by atoms with Gasteiger partial charge in [0.1, 0.15) is 11.6 Å². The SMILES string of the molecule is CCCNC(=O)[C@H]1[C@H]2C(=O)N(CCO)C(C(=O)Nc3ccc4ccccc4c3)C23CC[C@]1(CC)O3. The number of benzene rings is 2. The molecule has 3 fully saturated rings. The van der Waals surface area contributed by atoms with Crippen molar-refractivity contribution in [1.29, 1.82) is 0 Å². The first kappa shape index (κ1) is 23.8. The van der Waals surface area contributed by atoms with Crippen LogP contribution in [0.5, 0.6) is 0 Å². The molecule has 2 aromatic carbocycles. The number of nitrogens with zero attached hydrogens (tertiary/aromatic N) is 1. The van der Waals surface area contributed by atoms with Crippen LogP contribution in [0.4, 0.5) is 5.69 Å². The van der Waals surface area contributed by atoms with Gasteiger partial charge in [0.2, 0.25) is 17.7 Å². The van der Waals surface area contributed by atoms with E-state index >= 15 is 0 Å². The van der Waals surface area contributed by atoms with Gasteiger partial charge in [-0.25, -0.2) is 0 Å². The summed E-state index contributed by atoms with van der Waals surface area (Å²) < 4.78 is 6.66. The predicted octanol–water partition coefficient (Wildman–Crippen LogP) is 2.45. The van der Waals surface area contributed by atoms with Crippen molar-refractivity contribution in [2.24, 2.45) is 11.8 Å². The van der Waals surface area contributed by atoms with Gasteiger partial charge in [-0.3, -0.25) is 14.4 Å². The number of nitrogens with one attached hydrogen (secondary N) is 2. The summed E-state index contributed by atoms with van der Waals surface area (Å²) in [4.78, 5) is 42.2. The minimum atomic E-state index is -1.09. The van der Waals surface area contributed by atoms with Gasteiger partial charge in [0.15, 0.2) is 0 Å². The predicted molar refractivity (Wildman–Crippen MR) is 132 cm³/mol. The Morgan fingerprint density at radius 2 is 1.89 bits per heavy atom. The topological polar surface area (TPSA) is 108 Å². The third-order valence-electron chi connectivity index (χ3n) is 8.12. The molecule has 0 aliphatic carbocycles. The molecule has 35 heavy (non-hydrogen) atoms. The first-order valence-corrected chi connectivity index (χ1v) is 12.6. The van der Waals surface area contributed by atoms with Gasteiger partial charge in [-0.15, -0.1) is 0 Å². The highest BCUT2D eigenvalue weighted by atomic mass is 16.5. The lowest BCUT2D eigenvalue weighted by Crippen LogP contribution is -2.53. The fourth-order valence-electron chi connectivity index (χ4n) is 6.60. The molecule has 8 nitrogen and oxygen atoms in total. The first-order chi connectivity index (χ1) is 16.9. The maximum Gasteiger partial charge on any atom is 0.250 e. The van der Waals surface area contributed by atoms with Crippen LogP contribution in [0.15, 0.2) is 42.5 Å². The summed E-state index contributed by atoms with van der Waals surface area (Å²) in [6.45, 7) is 4.21. The number of β-amino-alcohol motifs (C(OH)–C–C–N with tert-alkyl or cyclic N) is 1. The van der Waals surface area contributed by atoms with Crippen LogP contribution in [0.25, 0.3) is 10.8 Å². The van der Waals surface area contributed by atoms with Gasteiger partial charge in [-0.05, 0) is 48.6 Å². The molecule has 3 N–H and O–H groups in total. The van der Waals surface area contributed by atoms with E-state index in [4.69, 9.17) is 4.74 Å². The number of aliphatic hydroxyl groups excluding tert-OH is 1. The van der Waals surface area contributed by atoms with Crippen LogP contribution >= 0.6 is 0 Å². The van der Waals surface area contributed by atoms with Crippen LogP contribution in [-0.2, 0) is 19.1 Å². The lowest BCUT2D eigenvalue weighted by molar-refractivity contribution is -0.146. The first-order valence-electron chi connectivity index (χ1n) is 12.6. The molecule has 2 unspecified atom stereocenters. The quantitative estimate of drug-likeness (QED) is 0.539. The van der Waals surface area contributed by atoms with Gasteiger partial charge >= 0.3 is 0 Å². The Labute approximate surface area is 205 Å². The van der Waals surface area contributed by atoms with Crippen molar-refractivity contribution in [1.82, 2.24) is 10.2 Å². The average molecular weight is 480 g/mol. The molecule has 0 saturated carbocycles. The van der Waals surface area contributed by atoms with Crippen LogP contribution in [0.1, 0.15) is 39.5 Å². The van der Waals surface area contributed by atoms with Gasteiger partial charge in [0.05, 0.1) is 24.0 Å². The molecule has 186 valence electrons. The molecule has 8 heteroatoms. The summed E-state index contributed by atoms with van der Waals surface area (Å²) in [7, 11) is 0. The third kappa shape index (κ3) is 3.53. The minimum absolute atomic E-state index is 0.0126. The van der Waals surface area contributed by atoms with Crippen LogP contribution in [-0.4, -0.2) is 64.7 Å². The number of rotatable bonds is 8. The standard InChI is InChI=1S/C27H33N3O5/c1-3-13-28-23(32)20-21-25(34)30(14-15-31)22(27(21)12-11-26(20,4-2)35-27)24(33)29-19-10-9-17-7-5-6-8-18(17)16-19/h5-10,16,20-22,31H,3-4,11-15H2,1-2H3,(H,28,32)(H,29,33)/t20-,21+,22?,26+,27?/m1/s1. The van der Waals surface area contributed by atoms with E-state index in [1.54, 1.807) is 0 Å². The van der Waals surface area contributed by atoms with Gasteiger partial charge < -0.3 is 25.4 Å². The Kier molecular flexibility index (Phi) is 6.05. The van der Waals surface area contributed by atoms with E-state index in [1.165, 1.54) is 4.90 Å². The number of hydrogen-bond acceptors (Lipinski definition) is 5. The molecular weight excluding hydrogens is 446 g/mol. The Balaban J connectivity index is 1.50. The number of carbonyl (C=O) groups excluding carboxylic acids is 3. The molecule has 5 rings (SSSR count). The van der Waals surface area contributed by atoms with E-state index in [1.807, 2.05) is 56.3 Å². The van der Waals surface area contributed by atoms with Crippen molar-refractivity contribution in [2.75, 3.05) is 25.0 Å². The summed E-state index contributed by atoms with van der Waals surface area (Å²) in [6, 6.07) is 12.6. The summed E-state index contributed by atoms with van der Waals surface area (Å²) in [6.07, 6.45) is 2.51. The van der Waals surface area contributed by atoms with Crippen molar-refractivity contribution >= 4 is 34.2 Å². The minimum Gasteiger partial charge on any atom is -0.395 e. The zero-order valence-electron chi connectivity index (χ0n) is 20.3. The second-order valence-corrected chi connectivity index (χ2v) is 9.93. The molecule has 3 amide bonds. The fourth-order valence-corrected chi connectivity index (χ4v) is 6.60. The molecule has 3 aliphatic rings. The van der Waals surface area contributed by atoms with Crippen LogP contribution in [0.2, 0.25) is 0 Å². The van der Waals surface area contributed by atoms with Crippen LogP contribution in [0, 0.1) is 11.8 Å². The molecule has 0 radical (unpaired) electrons. The lowest BCUT2D eigenvalue weighted by Gasteiger charge is -2.33. The highest BCUT2D eigenvalue weighted by Gasteiger charge is 2.78. The molecule has 3 heterocycles. The highest BCUT2D eigenvalue weighted by molar-refractivity contribution is 6.04. The summed E-state index contributed by atoms with van der Waals surface area (Å²) in [5, 5.41) is 17.7. The Morgan fingerprint density at radius 3 is 2.60 bits per heavy atom. The van der Waals surface area contributed by atoms with Crippen molar-refractivity contribution in [3.63, 3.8) is 0 Å². The van der Waals surface area contributed by atoms with Gasteiger partial charge in [-0.1, -0.05) is 44.2 Å². The third-order valence-corrected chi connectivity index (χ3v) is 8.12. The Hall–Kier alpha value is -2.97. The maximum absolute atomic E-state index is 13.8.